The Morgan fingerprint density at radius 2 is 1.38 bits per heavy atom. The molecule has 196 valence electrons. The molecule has 0 rings (SSSR count). The van der Waals surface area contributed by atoms with Crippen molar-refractivity contribution in [2.45, 2.75) is 70.1 Å². The molecule has 0 heterocycles. The quantitative estimate of drug-likeness (QED) is 0.146. The molecule has 0 fully saturated rings. The van der Waals surface area contributed by atoms with Crippen LogP contribution in [0.1, 0.15) is 46.0 Å². The normalized spacial score (nSPS) is 15.3. The van der Waals surface area contributed by atoms with E-state index in [2.05, 4.69) is 16.0 Å². The van der Waals surface area contributed by atoms with Gasteiger partial charge in [-0.2, -0.15) is 23.5 Å². The molecule has 0 aromatic heterocycles. The number of aliphatic carboxylic acids is 2. The molecule has 0 aromatic rings. The number of hydrogen-bond acceptors (Lipinski definition) is 8. The van der Waals surface area contributed by atoms with E-state index in [1.165, 1.54) is 11.8 Å². The van der Waals surface area contributed by atoms with Gasteiger partial charge in [0, 0.05) is 6.42 Å². The Balaban J connectivity index is 5.47. The van der Waals surface area contributed by atoms with Crippen LogP contribution in [0.15, 0.2) is 0 Å². The van der Waals surface area contributed by atoms with Crippen LogP contribution in [0.2, 0.25) is 0 Å². The van der Waals surface area contributed by atoms with Crippen LogP contribution in [-0.4, -0.2) is 88.1 Å². The molecular weight excluding hydrogens is 484 g/mol. The van der Waals surface area contributed by atoms with Gasteiger partial charge in [-0.05, 0) is 49.2 Å². The molecule has 11 nitrogen and oxygen atoms in total. The highest BCUT2D eigenvalue weighted by Gasteiger charge is 2.32. The molecule has 5 unspecified atom stereocenters. The SMILES string of the molecule is CCC(C)C(NC(=O)C(N)CCSC)C(=O)NC(CCSC)C(=O)NC(CCC(=O)O)C(=O)O. The lowest BCUT2D eigenvalue weighted by Gasteiger charge is -2.28. The summed E-state index contributed by atoms with van der Waals surface area (Å²) in [6.45, 7) is 3.66. The minimum atomic E-state index is -1.41. The Labute approximate surface area is 209 Å². The topological polar surface area (TPSA) is 188 Å². The van der Waals surface area contributed by atoms with Gasteiger partial charge in [-0.25, -0.2) is 4.79 Å². The monoisotopic (exact) mass is 522 g/mol. The van der Waals surface area contributed by atoms with Gasteiger partial charge in [0.15, 0.2) is 0 Å². The summed E-state index contributed by atoms with van der Waals surface area (Å²) in [5.41, 5.74) is 5.92. The molecule has 0 bridgehead atoms. The average Bonchev–Trinajstić information content (AvgIpc) is 2.79. The number of carbonyl (C=O) groups is 5. The lowest BCUT2D eigenvalue weighted by Crippen LogP contribution is -2.58. The summed E-state index contributed by atoms with van der Waals surface area (Å²) in [6, 6.07) is -4.16. The summed E-state index contributed by atoms with van der Waals surface area (Å²) in [7, 11) is 0. The molecule has 0 aliphatic rings. The minimum absolute atomic E-state index is 0.221. The van der Waals surface area contributed by atoms with Crippen LogP contribution >= 0.6 is 23.5 Å². The zero-order valence-corrected chi connectivity index (χ0v) is 21.8. The van der Waals surface area contributed by atoms with Crippen LogP contribution in [0, 0.1) is 5.92 Å². The molecule has 7 N–H and O–H groups in total. The van der Waals surface area contributed by atoms with E-state index in [1.54, 1.807) is 18.7 Å². The summed E-state index contributed by atoms with van der Waals surface area (Å²) in [5.74, 6) is -3.36. The lowest BCUT2D eigenvalue weighted by molar-refractivity contribution is -0.143. The van der Waals surface area contributed by atoms with Crippen molar-refractivity contribution in [3.63, 3.8) is 0 Å². The summed E-state index contributed by atoms with van der Waals surface area (Å²) >= 11 is 3.00. The second-order valence-electron chi connectivity index (χ2n) is 7.93. The maximum atomic E-state index is 13.1. The first-order valence-corrected chi connectivity index (χ1v) is 13.9. The third-order valence-electron chi connectivity index (χ3n) is 5.27. The standard InChI is InChI=1S/C21H38N4O7S2/c1-5-12(2)17(25-18(28)13(22)8-10-33-3)20(30)23-14(9-11-34-4)19(29)24-15(21(31)32)6-7-16(26)27/h12-15,17H,5-11,22H2,1-4H3,(H,23,30)(H,24,29)(H,25,28)(H,26,27)(H,31,32). The second kappa shape index (κ2) is 17.4. The van der Waals surface area contributed by atoms with Crippen molar-refractivity contribution in [3.05, 3.63) is 0 Å². The molecule has 0 saturated heterocycles. The minimum Gasteiger partial charge on any atom is -0.481 e. The maximum absolute atomic E-state index is 13.1. The van der Waals surface area contributed by atoms with Crippen molar-refractivity contribution < 1.29 is 34.2 Å². The van der Waals surface area contributed by atoms with Gasteiger partial charge in [-0.1, -0.05) is 20.3 Å². The van der Waals surface area contributed by atoms with Gasteiger partial charge in [-0.3, -0.25) is 19.2 Å². The molecular formula is C21H38N4O7S2. The van der Waals surface area contributed by atoms with Crippen LogP contribution in [0.4, 0.5) is 0 Å². The number of nitrogens with two attached hydrogens (primary N) is 1. The fourth-order valence-electron chi connectivity index (χ4n) is 2.90. The predicted octanol–water partition coefficient (Wildman–Crippen LogP) is 0.270. The van der Waals surface area contributed by atoms with Crippen molar-refractivity contribution in [1.82, 2.24) is 16.0 Å². The number of hydrogen-bond donors (Lipinski definition) is 6. The molecule has 0 aromatic carbocycles. The highest BCUT2D eigenvalue weighted by atomic mass is 32.2. The molecule has 5 atom stereocenters. The molecule has 0 spiro atoms. The van der Waals surface area contributed by atoms with Gasteiger partial charge in [0.05, 0.1) is 6.04 Å². The number of amides is 3. The Morgan fingerprint density at radius 3 is 1.88 bits per heavy atom. The number of carbonyl (C=O) groups excluding carboxylic acids is 3. The Morgan fingerprint density at radius 1 is 0.824 bits per heavy atom. The fourth-order valence-corrected chi connectivity index (χ4v) is 3.86. The number of carboxylic acids is 2. The molecule has 0 radical (unpaired) electrons. The largest absolute Gasteiger partial charge is 0.481 e. The van der Waals surface area contributed by atoms with Gasteiger partial charge in [0.2, 0.25) is 17.7 Å². The van der Waals surface area contributed by atoms with Crippen molar-refractivity contribution in [3.8, 4) is 0 Å². The van der Waals surface area contributed by atoms with E-state index in [1.807, 2.05) is 19.4 Å². The van der Waals surface area contributed by atoms with Gasteiger partial charge >= 0.3 is 11.9 Å². The number of rotatable bonds is 18. The van der Waals surface area contributed by atoms with Crippen LogP contribution in [0.25, 0.3) is 0 Å². The maximum Gasteiger partial charge on any atom is 0.326 e. The summed E-state index contributed by atoms with van der Waals surface area (Å²) in [6.07, 6.45) is 4.25. The molecule has 0 aliphatic heterocycles. The van der Waals surface area contributed by atoms with Gasteiger partial charge < -0.3 is 31.9 Å². The zero-order valence-electron chi connectivity index (χ0n) is 20.2. The highest BCUT2D eigenvalue weighted by molar-refractivity contribution is 7.98. The third kappa shape index (κ3) is 12.5. The van der Waals surface area contributed by atoms with Gasteiger partial charge in [0.25, 0.3) is 0 Å². The number of thioether (sulfide) groups is 2. The first kappa shape index (κ1) is 32.0. The highest BCUT2D eigenvalue weighted by Crippen LogP contribution is 2.11. The van der Waals surface area contributed by atoms with Crippen LogP contribution in [0.5, 0.6) is 0 Å². The predicted molar refractivity (Wildman–Crippen MR) is 134 cm³/mol. The van der Waals surface area contributed by atoms with Crippen LogP contribution < -0.4 is 21.7 Å². The Hall–Kier alpha value is -1.99. The van der Waals surface area contributed by atoms with Crippen molar-refractivity contribution in [2.24, 2.45) is 11.7 Å². The van der Waals surface area contributed by atoms with E-state index in [9.17, 15) is 29.1 Å². The van der Waals surface area contributed by atoms with Crippen molar-refractivity contribution in [1.29, 1.82) is 0 Å². The van der Waals surface area contributed by atoms with E-state index in [4.69, 9.17) is 10.8 Å². The fraction of sp³-hybridized carbons (Fsp3) is 0.762. The van der Waals surface area contributed by atoms with E-state index in [-0.39, 0.29) is 18.8 Å². The van der Waals surface area contributed by atoms with E-state index in [0.717, 1.165) is 0 Å². The Bertz CT molecular complexity index is 696. The second-order valence-corrected chi connectivity index (χ2v) is 9.91. The number of carboxylic acid groups (broad SMARTS) is 2. The van der Waals surface area contributed by atoms with E-state index < -0.39 is 60.2 Å². The van der Waals surface area contributed by atoms with Gasteiger partial charge in [-0.15, -0.1) is 0 Å². The summed E-state index contributed by atoms with van der Waals surface area (Å²) in [5, 5.41) is 25.8. The van der Waals surface area contributed by atoms with Crippen LogP contribution in [-0.2, 0) is 24.0 Å². The first-order chi connectivity index (χ1) is 16.0. The van der Waals surface area contributed by atoms with Crippen molar-refractivity contribution >= 4 is 53.2 Å². The Kier molecular flexibility index (Phi) is 16.4. The van der Waals surface area contributed by atoms with Gasteiger partial charge in [0.1, 0.15) is 18.1 Å². The smallest absolute Gasteiger partial charge is 0.326 e. The van der Waals surface area contributed by atoms with E-state index in [0.29, 0.717) is 24.3 Å². The molecule has 0 saturated carbocycles. The summed E-state index contributed by atoms with van der Waals surface area (Å²) < 4.78 is 0. The molecule has 3 amide bonds. The first-order valence-electron chi connectivity index (χ1n) is 11.1. The van der Waals surface area contributed by atoms with E-state index >= 15 is 0 Å². The molecule has 13 heteroatoms. The average molecular weight is 523 g/mol. The number of nitrogens with one attached hydrogen (secondary N) is 3. The zero-order chi connectivity index (χ0) is 26.3. The summed E-state index contributed by atoms with van der Waals surface area (Å²) in [4.78, 5) is 60.6. The molecule has 0 aliphatic carbocycles. The van der Waals surface area contributed by atoms with Crippen LogP contribution in [0.3, 0.4) is 0 Å². The molecule has 34 heavy (non-hydrogen) atoms. The lowest BCUT2D eigenvalue weighted by atomic mass is 9.97. The third-order valence-corrected chi connectivity index (χ3v) is 6.56. The van der Waals surface area contributed by atoms with Crippen molar-refractivity contribution in [2.75, 3.05) is 24.0 Å².